The predicted octanol–water partition coefficient (Wildman–Crippen LogP) is -3.24. The third kappa shape index (κ3) is 28.2. The molecule has 0 aliphatic heterocycles. The Morgan fingerprint density at radius 2 is 0.958 bits per heavy atom. The highest BCUT2D eigenvalue weighted by Gasteiger charge is 2.37. The molecule has 10 atom stereocenters. The number of aliphatic hydroxyl groups excluding tert-OH is 1. The number of rotatable bonds is 41. The summed E-state index contributed by atoms with van der Waals surface area (Å²) in [6, 6.07) is 2.08. The number of nitrogens with two attached hydrogens (primary N) is 4. The first-order valence-electron chi connectivity index (χ1n) is 31.5. The molecule has 1 aromatic heterocycles. The topological polar surface area (TPSA) is 564 Å². The van der Waals surface area contributed by atoms with Crippen molar-refractivity contribution in [3.05, 3.63) is 71.9 Å². The first-order valence-corrected chi connectivity index (χ1v) is 32.1. The number of carbonyl (C=O) groups excluding carboxylic acids is 10. The van der Waals surface area contributed by atoms with Crippen LogP contribution in [0.4, 0.5) is 0 Å². The fourth-order valence-corrected chi connectivity index (χ4v) is 11.0. The molecular weight excluding hydrogens is 1250 g/mol. The van der Waals surface area contributed by atoms with Gasteiger partial charge in [0.05, 0.1) is 6.10 Å². The molecule has 0 unspecified atom stereocenters. The van der Waals surface area contributed by atoms with E-state index in [0.29, 0.717) is 22.0 Å². The van der Waals surface area contributed by atoms with Crippen LogP contribution in [0.15, 0.2) is 60.8 Å². The quantitative estimate of drug-likeness (QED) is 0.0115. The second kappa shape index (κ2) is 40.4. The second-order valence-corrected chi connectivity index (χ2v) is 23.7. The van der Waals surface area contributed by atoms with E-state index in [1.54, 1.807) is 60.8 Å². The van der Waals surface area contributed by atoms with E-state index in [0.717, 1.165) is 39.0 Å². The molecule has 33 nitrogen and oxygen atoms in total. The summed E-state index contributed by atoms with van der Waals surface area (Å²) < 4.78 is 0. The van der Waals surface area contributed by atoms with Gasteiger partial charge in [-0.05, 0) is 81.4 Å². The highest BCUT2D eigenvalue weighted by Crippen LogP contribution is 2.28. The van der Waals surface area contributed by atoms with Crippen molar-refractivity contribution in [1.29, 1.82) is 16.2 Å². The van der Waals surface area contributed by atoms with Crippen molar-refractivity contribution >= 4 is 106 Å². The number of amides is 10. The number of nitrogens with one attached hydrogen (secondary N) is 16. The van der Waals surface area contributed by atoms with Gasteiger partial charge in [0, 0.05) is 68.7 Å². The average molecular weight is 1350 g/mol. The minimum atomic E-state index is -1.81. The van der Waals surface area contributed by atoms with Gasteiger partial charge in [-0.3, -0.25) is 64.2 Å². The maximum absolute atomic E-state index is 15.0. The summed E-state index contributed by atoms with van der Waals surface area (Å²) in [5.41, 5.74) is 23.6. The van der Waals surface area contributed by atoms with Gasteiger partial charge in [0.2, 0.25) is 59.1 Å². The lowest BCUT2D eigenvalue weighted by Crippen LogP contribution is -2.62. The summed E-state index contributed by atoms with van der Waals surface area (Å²) in [6.07, 6.45) is 3.54. The molecule has 26 N–H and O–H groups in total. The standard InChI is InChI=1S/C61H94N20O13S/c1-33(82)49(57(92)76-42(22-13-27-71-61(67)68)52(87)79-46(58(93)94)29-36-16-7-4-8-17-36)81-56(91)47(32-95)80-53(88)43(23-24-48(62)84)75-55(90)45(30-37-31-72-39-19-10-9-18-38(37)39)78-54(89)44(28-35-14-5-3-6-15-35)77-51(86)41(21-12-26-70-60(65)66)74-50(85)40(73-34(2)83)20-11-25-69-59(63)64/h3,5-6,9-10,14-15,18-19,31,33,36,40-47,49,72,82,95H,4,7-8,11-13,16-17,20-30,32H2,1-2H3,(H2,62,84)(H,73,83)(H,74,85)(H,75,90)(H,76,92)(H,77,86)(H,78,89)(H,79,87)(H,80,88)(H,81,91)(H,93,94)(H4,63,64,69)(H4,65,66,70)(H4,67,68,71)/t33-,40+,41+,42+,43+,44+,45+,46+,47+,49+/m1/s1. The highest BCUT2D eigenvalue weighted by atomic mass is 32.1. The number of aliphatic carboxylic acids is 1. The summed E-state index contributed by atoms with van der Waals surface area (Å²) in [6.45, 7) is 2.72. The van der Waals surface area contributed by atoms with Gasteiger partial charge >= 0.3 is 5.97 Å². The van der Waals surface area contributed by atoms with Crippen LogP contribution >= 0.6 is 12.6 Å². The van der Waals surface area contributed by atoms with Crippen LogP contribution in [0.25, 0.3) is 10.9 Å². The molecule has 0 bridgehead atoms. The number of aliphatic hydroxyl groups is 1. The minimum Gasteiger partial charge on any atom is -0.480 e. The number of carboxylic acids is 1. The van der Waals surface area contributed by atoms with Gasteiger partial charge in [-0.2, -0.15) is 12.6 Å². The van der Waals surface area contributed by atoms with Crippen molar-refractivity contribution in [2.45, 2.75) is 177 Å². The summed E-state index contributed by atoms with van der Waals surface area (Å²) in [5, 5.41) is 75.2. The lowest BCUT2D eigenvalue weighted by molar-refractivity contribution is -0.143. The maximum Gasteiger partial charge on any atom is 0.326 e. The van der Waals surface area contributed by atoms with Crippen LogP contribution in [0.2, 0.25) is 0 Å². The molecule has 4 rings (SSSR count). The largest absolute Gasteiger partial charge is 0.480 e. The Bertz CT molecular complexity index is 3130. The molecule has 1 aliphatic rings. The zero-order valence-corrected chi connectivity index (χ0v) is 54.3. The Kier molecular flexibility index (Phi) is 33.0. The first-order chi connectivity index (χ1) is 45.1. The number of aromatic amines is 1. The SMILES string of the molecule is CC(=O)N[C@@H](CCCNC(=N)N)C(=O)N[C@@H](CCCNC(=N)N)C(=O)N[C@@H](Cc1ccccc1)C(=O)N[C@@H](Cc1c[nH]c2ccccc12)C(=O)N[C@@H](CCC(N)=O)C(=O)N[C@@H](CS)C(=O)N[C@H](C(=O)N[C@@H](CCCNC(=N)N)C(=O)N[C@@H](CC1CCCCC1)C(=O)O)[C@@H](C)O. The van der Waals surface area contributed by atoms with E-state index in [4.69, 9.17) is 39.2 Å². The number of carbonyl (C=O) groups is 11. The van der Waals surface area contributed by atoms with Crippen LogP contribution in [0.5, 0.6) is 0 Å². The number of primary amides is 1. The van der Waals surface area contributed by atoms with E-state index >= 15 is 0 Å². The Labute approximate surface area is 555 Å². The minimum absolute atomic E-state index is 0.0422. The van der Waals surface area contributed by atoms with Gasteiger partial charge in [-0.25, -0.2) is 4.79 Å². The zero-order chi connectivity index (χ0) is 70.1. The predicted molar refractivity (Wildman–Crippen MR) is 355 cm³/mol. The summed E-state index contributed by atoms with van der Waals surface area (Å²) in [4.78, 5) is 155. The van der Waals surface area contributed by atoms with E-state index in [2.05, 4.69) is 81.4 Å². The third-order valence-electron chi connectivity index (χ3n) is 15.7. The van der Waals surface area contributed by atoms with Crippen molar-refractivity contribution in [3.63, 3.8) is 0 Å². The number of hydrogen-bond donors (Lipinski definition) is 23. The Morgan fingerprint density at radius 3 is 1.43 bits per heavy atom. The molecule has 1 fully saturated rings. The number of carboxylic acid groups (broad SMARTS) is 1. The molecule has 1 saturated carbocycles. The molecule has 0 spiro atoms. The number of aromatic nitrogens is 1. The van der Waals surface area contributed by atoms with Crippen LogP contribution in [0.3, 0.4) is 0 Å². The molecule has 34 heteroatoms. The number of para-hydroxylation sites is 1. The number of hydrogen-bond acceptors (Lipinski definition) is 16. The second-order valence-electron chi connectivity index (χ2n) is 23.4. The van der Waals surface area contributed by atoms with Crippen LogP contribution in [0.1, 0.15) is 115 Å². The maximum atomic E-state index is 15.0. The van der Waals surface area contributed by atoms with Crippen LogP contribution in [-0.4, -0.2) is 184 Å². The van der Waals surface area contributed by atoms with E-state index in [1.807, 2.05) is 0 Å². The number of benzene rings is 2. The smallest absolute Gasteiger partial charge is 0.326 e. The van der Waals surface area contributed by atoms with Crippen molar-refractivity contribution in [2.75, 3.05) is 25.4 Å². The van der Waals surface area contributed by atoms with Crippen LogP contribution < -0.4 is 86.7 Å². The van der Waals surface area contributed by atoms with Gasteiger partial charge in [0.25, 0.3) is 0 Å². The molecule has 10 amide bonds. The number of fused-ring (bicyclic) bond motifs is 1. The van der Waals surface area contributed by atoms with E-state index in [9.17, 15) is 63.0 Å². The van der Waals surface area contributed by atoms with Gasteiger partial charge in [-0.15, -0.1) is 0 Å². The molecule has 0 saturated heterocycles. The van der Waals surface area contributed by atoms with E-state index in [1.165, 1.54) is 6.92 Å². The fourth-order valence-electron chi connectivity index (χ4n) is 10.7. The van der Waals surface area contributed by atoms with Crippen LogP contribution in [0, 0.1) is 22.1 Å². The van der Waals surface area contributed by atoms with Gasteiger partial charge in [0.1, 0.15) is 54.4 Å². The Hall–Kier alpha value is -9.73. The Morgan fingerprint density at radius 1 is 0.537 bits per heavy atom. The molecule has 522 valence electrons. The molecular formula is C61H94N20O13S. The molecule has 1 aliphatic carbocycles. The van der Waals surface area contributed by atoms with Crippen molar-refractivity contribution in [1.82, 2.24) is 68.8 Å². The normalized spacial score (nSPS) is 15.3. The van der Waals surface area contributed by atoms with Crippen molar-refractivity contribution in [3.8, 4) is 0 Å². The molecule has 3 aromatic rings. The van der Waals surface area contributed by atoms with Crippen molar-refractivity contribution in [2.24, 2.45) is 28.9 Å². The summed E-state index contributed by atoms with van der Waals surface area (Å²) in [5.74, 6) is -11.8. The number of H-pyrrole nitrogens is 1. The van der Waals surface area contributed by atoms with Crippen molar-refractivity contribution < 1.29 is 63.0 Å². The monoisotopic (exact) mass is 1350 g/mol. The fraction of sp³-hybridized carbons (Fsp3) is 0.541. The van der Waals surface area contributed by atoms with E-state index in [-0.39, 0.29) is 101 Å². The molecule has 2 aromatic carbocycles. The lowest BCUT2D eigenvalue weighted by Gasteiger charge is -2.29. The van der Waals surface area contributed by atoms with Gasteiger partial charge < -0.3 is 102 Å². The molecule has 0 radical (unpaired) electrons. The Balaban J connectivity index is 1.64. The lowest BCUT2D eigenvalue weighted by atomic mass is 9.84. The van der Waals surface area contributed by atoms with Crippen LogP contribution in [-0.2, 0) is 65.6 Å². The summed E-state index contributed by atoms with van der Waals surface area (Å²) >= 11 is 4.27. The van der Waals surface area contributed by atoms with Gasteiger partial charge in [0.15, 0.2) is 17.9 Å². The average Bonchev–Trinajstić information content (AvgIpc) is 1.75. The first kappa shape index (κ1) is 77.7. The molecule has 1 heterocycles. The summed E-state index contributed by atoms with van der Waals surface area (Å²) in [7, 11) is 0. The number of guanidine groups is 3. The third-order valence-corrected chi connectivity index (χ3v) is 16.0. The molecule has 95 heavy (non-hydrogen) atoms. The number of thiol groups is 1. The van der Waals surface area contributed by atoms with E-state index < -0.39 is 144 Å². The zero-order valence-electron chi connectivity index (χ0n) is 53.4. The highest BCUT2D eigenvalue weighted by molar-refractivity contribution is 7.80. The van der Waals surface area contributed by atoms with Gasteiger partial charge in [-0.1, -0.05) is 80.6 Å².